The fourth-order valence-corrected chi connectivity index (χ4v) is 9.18. The lowest BCUT2D eigenvalue weighted by molar-refractivity contribution is -0.127. The number of nitrogens with one attached hydrogen (secondary N) is 4. The van der Waals surface area contributed by atoms with Crippen molar-refractivity contribution in [2.75, 3.05) is 74.3 Å². The average molecular weight is 1030 g/mol. The zero-order chi connectivity index (χ0) is 53.5. The number of piperazine rings is 2. The lowest BCUT2D eigenvalue weighted by Crippen LogP contribution is -2.50. The van der Waals surface area contributed by atoms with Crippen LogP contribution < -0.4 is 31.1 Å². The number of hydrogen-bond donors (Lipinski definition) is 6. The van der Waals surface area contributed by atoms with Crippen molar-refractivity contribution < 1.29 is 28.3 Å². The third-order valence-electron chi connectivity index (χ3n) is 12.9. The average Bonchev–Trinajstić information content (AvgIpc) is 4.37. The number of hydrazine groups is 1. The monoisotopic (exact) mass is 1030 g/mol. The van der Waals surface area contributed by atoms with Crippen LogP contribution in [-0.4, -0.2) is 148 Å². The minimum atomic E-state index is -0.808. The largest absolute Gasteiger partial charge is 0.494 e. The maximum absolute atomic E-state index is 14.7. The Morgan fingerprint density at radius 3 is 1.68 bits per heavy atom. The Morgan fingerprint density at radius 1 is 0.684 bits per heavy atom. The molecule has 2 aliphatic rings. The van der Waals surface area contributed by atoms with Gasteiger partial charge in [0, 0.05) is 88.3 Å². The Morgan fingerprint density at radius 2 is 1.20 bits per heavy atom. The van der Waals surface area contributed by atoms with Crippen LogP contribution in [0.1, 0.15) is 40.4 Å². The van der Waals surface area contributed by atoms with Gasteiger partial charge in [-0.3, -0.25) is 34.4 Å². The standard InChI is InChI=1S/C26H25N9O3.C24H24FN9O2.C2H6/c1-16-29-15-35(32-16)25-23-21(20(38-2)14-28-25)18(12-27-23)24(36)26(37)34-10-8-33(9-11-34)19-13-30-31-22(19)17-6-4-3-5-7-17;25-17-13-29-23(34(27)7-6-26)21-19(17)16(12-28-21)22(35)24(36)33-10-8-32(9-11-33)18-14-30-31-20(18)15-4-2-1-3-5-15;1-2/h3-7,12-15,27H,8-11H2,1-2H3,(H,30,31);1-7,12-14,28H,8-11,26-27H2,(H,30,31);1-2H3/b;7-6-;. The van der Waals surface area contributed by atoms with E-state index in [1.165, 1.54) is 47.7 Å². The molecule has 0 aliphatic carbocycles. The number of fused-ring (bicyclic) bond motifs is 2. The van der Waals surface area contributed by atoms with Gasteiger partial charge in [0.1, 0.15) is 17.9 Å². The number of ether oxygens (including phenoxy) is 1. The molecule has 0 bridgehead atoms. The van der Waals surface area contributed by atoms with Gasteiger partial charge in [0.25, 0.3) is 23.4 Å². The van der Waals surface area contributed by atoms with Gasteiger partial charge in [-0.2, -0.15) is 15.3 Å². The molecular formula is C52H55FN18O5. The summed E-state index contributed by atoms with van der Waals surface area (Å²) in [5.41, 5.74) is 12.0. The fourth-order valence-electron chi connectivity index (χ4n) is 9.18. The first-order valence-corrected chi connectivity index (χ1v) is 24.4. The summed E-state index contributed by atoms with van der Waals surface area (Å²) in [6, 6.07) is 19.8. The summed E-state index contributed by atoms with van der Waals surface area (Å²) in [5.74, 6) is 4.04. The van der Waals surface area contributed by atoms with Crippen LogP contribution in [0.4, 0.5) is 21.6 Å². The molecule has 0 spiro atoms. The molecule has 2 saturated heterocycles. The van der Waals surface area contributed by atoms with Crippen LogP contribution in [0.15, 0.2) is 117 Å². The molecule has 390 valence electrons. The first-order chi connectivity index (χ1) is 37.0. The van der Waals surface area contributed by atoms with E-state index in [1.54, 1.807) is 30.5 Å². The molecule has 8 N–H and O–H groups in total. The second-order valence-corrected chi connectivity index (χ2v) is 17.2. The predicted molar refractivity (Wildman–Crippen MR) is 284 cm³/mol. The summed E-state index contributed by atoms with van der Waals surface area (Å²) < 4.78 is 21.7. The van der Waals surface area contributed by atoms with Gasteiger partial charge in [-0.05, 0) is 6.92 Å². The van der Waals surface area contributed by atoms with Gasteiger partial charge < -0.3 is 40.0 Å². The summed E-state index contributed by atoms with van der Waals surface area (Å²) >= 11 is 0. The van der Waals surface area contributed by atoms with Gasteiger partial charge in [-0.1, -0.05) is 74.5 Å². The van der Waals surface area contributed by atoms with E-state index in [9.17, 15) is 23.6 Å². The van der Waals surface area contributed by atoms with Gasteiger partial charge >= 0.3 is 0 Å². The molecule has 2 fully saturated rings. The SMILES string of the molecule is CC.COc1cnc(-n2cnc(C)n2)c2[nH]cc(C(=O)C(=O)N3CCN(c4cn[nH]c4-c4ccccc4)CC3)c12.N/C=C\N(N)c1ncc(F)c2c(C(=O)C(=O)N3CCN(c4cn[nH]c4-c4ccccc4)CC3)c[nH]c12. The Bertz CT molecular complexity index is 3530. The van der Waals surface area contributed by atoms with Gasteiger partial charge in [0.2, 0.25) is 0 Å². The molecule has 2 aromatic carbocycles. The molecule has 23 nitrogen and oxygen atoms in total. The first-order valence-electron chi connectivity index (χ1n) is 24.4. The number of Topliss-reactive ketones (excluding diaryl/α,β-unsaturated/α-hetero) is 2. The van der Waals surface area contributed by atoms with Crippen molar-refractivity contribution in [3.05, 3.63) is 139 Å². The number of hydrogen-bond acceptors (Lipinski definition) is 16. The van der Waals surface area contributed by atoms with E-state index in [1.807, 2.05) is 74.5 Å². The Balaban J connectivity index is 0.000000180. The maximum Gasteiger partial charge on any atom is 0.295 e. The second kappa shape index (κ2) is 22.6. The Hall–Kier alpha value is -9.71. The van der Waals surface area contributed by atoms with Crippen LogP contribution in [0.2, 0.25) is 0 Å². The minimum Gasteiger partial charge on any atom is -0.494 e. The van der Waals surface area contributed by atoms with Gasteiger partial charge in [-0.15, -0.1) is 0 Å². The number of aryl methyl sites for hydroxylation is 1. The molecule has 11 rings (SSSR count). The van der Waals surface area contributed by atoms with Gasteiger partial charge in [-0.25, -0.2) is 29.9 Å². The van der Waals surface area contributed by atoms with Crippen molar-refractivity contribution in [1.29, 1.82) is 0 Å². The smallest absolute Gasteiger partial charge is 0.295 e. The van der Waals surface area contributed by atoms with Crippen molar-refractivity contribution in [2.45, 2.75) is 20.8 Å². The number of methoxy groups -OCH3 is 1. The Labute approximate surface area is 434 Å². The number of nitrogens with zero attached hydrogens (tertiary/aromatic N) is 12. The van der Waals surface area contributed by atoms with Crippen molar-refractivity contribution in [2.24, 2.45) is 11.6 Å². The Kier molecular flexibility index (Phi) is 15.2. The maximum atomic E-state index is 14.7. The van der Waals surface area contributed by atoms with Crippen molar-refractivity contribution in [3.63, 3.8) is 0 Å². The molecule has 76 heavy (non-hydrogen) atoms. The number of halogens is 1. The first kappa shape index (κ1) is 51.2. The zero-order valence-corrected chi connectivity index (χ0v) is 42.1. The van der Waals surface area contributed by atoms with Crippen LogP contribution >= 0.6 is 0 Å². The van der Waals surface area contributed by atoms with E-state index in [0.29, 0.717) is 80.7 Å². The van der Waals surface area contributed by atoms with Crippen molar-refractivity contribution in [1.82, 2.24) is 64.9 Å². The van der Waals surface area contributed by atoms with E-state index in [4.69, 9.17) is 16.3 Å². The highest BCUT2D eigenvalue weighted by Gasteiger charge is 2.33. The number of aromatic amines is 4. The topological polar surface area (TPSA) is 291 Å². The number of anilines is 3. The molecular weight excluding hydrogens is 976 g/mol. The van der Waals surface area contributed by atoms with Crippen LogP contribution in [0.5, 0.6) is 5.75 Å². The lowest BCUT2D eigenvalue weighted by Gasteiger charge is -2.35. The van der Waals surface area contributed by atoms with Gasteiger partial charge in [0.05, 0.1) is 87.6 Å². The summed E-state index contributed by atoms with van der Waals surface area (Å²) in [4.78, 5) is 78.7. The lowest BCUT2D eigenvalue weighted by atomic mass is 10.1. The summed E-state index contributed by atoms with van der Waals surface area (Å²) in [5, 5.41) is 20.4. The quantitative estimate of drug-likeness (QED) is 0.0400. The number of carbonyl (C=O) groups is 4. The van der Waals surface area contributed by atoms with E-state index >= 15 is 0 Å². The third-order valence-corrected chi connectivity index (χ3v) is 12.9. The number of carbonyl (C=O) groups excluding carboxylic acids is 4. The number of nitrogens with two attached hydrogens (primary N) is 2. The number of ketones is 2. The fraction of sp³-hybridized carbons (Fsp3) is 0.231. The number of aromatic nitrogens is 11. The highest BCUT2D eigenvalue weighted by Crippen LogP contribution is 2.34. The zero-order valence-electron chi connectivity index (χ0n) is 42.1. The van der Waals surface area contributed by atoms with Crippen LogP contribution in [0.3, 0.4) is 0 Å². The minimum absolute atomic E-state index is 0.0521. The summed E-state index contributed by atoms with van der Waals surface area (Å²) in [6.07, 6.45) is 12.9. The normalized spacial score (nSPS) is 13.6. The van der Waals surface area contributed by atoms with E-state index in [-0.39, 0.29) is 27.8 Å². The second-order valence-electron chi connectivity index (χ2n) is 17.2. The summed E-state index contributed by atoms with van der Waals surface area (Å²) in [6.45, 7) is 9.45. The molecule has 0 radical (unpaired) electrons. The molecule has 0 unspecified atom stereocenters. The predicted octanol–water partition coefficient (Wildman–Crippen LogP) is 5.14. The number of rotatable bonds is 12. The number of benzene rings is 2. The number of pyridine rings is 2. The summed E-state index contributed by atoms with van der Waals surface area (Å²) in [7, 11) is 1.50. The molecule has 2 aliphatic heterocycles. The molecule has 2 amide bonds. The number of amides is 2. The van der Waals surface area contributed by atoms with Crippen molar-refractivity contribution >= 4 is 62.4 Å². The van der Waals surface area contributed by atoms with E-state index in [0.717, 1.165) is 45.1 Å². The molecule has 0 atom stereocenters. The van der Waals surface area contributed by atoms with Crippen molar-refractivity contribution in [3.8, 4) is 34.1 Å². The molecule has 9 heterocycles. The molecule has 24 heteroatoms. The molecule has 7 aromatic heterocycles. The third kappa shape index (κ3) is 10.0. The molecule has 9 aromatic rings. The highest BCUT2D eigenvalue weighted by molar-refractivity contribution is 6.45. The van der Waals surface area contributed by atoms with Crippen LogP contribution in [-0.2, 0) is 9.59 Å². The van der Waals surface area contributed by atoms with E-state index < -0.39 is 29.2 Å². The number of H-pyrrole nitrogens is 4. The highest BCUT2D eigenvalue weighted by atomic mass is 19.1. The molecule has 0 saturated carbocycles. The van der Waals surface area contributed by atoms with Crippen LogP contribution in [0.25, 0.3) is 50.1 Å². The van der Waals surface area contributed by atoms with Gasteiger partial charge in [0.15, 0.2) is 17.5 Å². The van der Waals surface area contributed by atoms with Crippen LogP contribution in [0, 0.1) is 12.7 Å². The van der Waals surface area contributed by atoms with E-state index in [2.05, 4.69) is 60.2 Å².